The third-order valence-electron chi connectivity index (χ3n) is 1.98. The van der Waals surface area contributed by atoms with Crippen molar-refractivity contribution in [2.75, 3.05) is 11.9 Å². The maximum atomic E-state index is 11.3. The molecule has 0 aliphatic carbocycles. The number of amides is 1. The predicted molar refractivity (Wildman–Crippen MR) is 66.7 cm³/mol. The van der Waals surface area contributed by atoms with E-state index in [9.17, 15) is 9.59 Å². The first kappa shape index (κ1) is 13.5. The Labute approximate surface area is 105 Å². The molecule has 0 saturated heterocycles. The van der Waals surface area contributed by atoms with Gasteiger partial charge >= 0.3 is 6.09 Å². The Balaban J connectivity index is 2.51. The highest BCUT2D eigenvalue weighted by atomic mass is 35.5. The highest BCUT2D eigenvalue weighted by Gasteiger charge is 2.05. The fourth-order valence-electron chi connectivity index (χ4n) is 1.13. The van der Waals surface area contributed by atoms with Crippen molar-refractivity contribution in [3.05, 3.63) is 29.8 Å². The van der Waals surface area contributed by atoms with Gasteiger partial charge in [-0.3, -0.25) is 10.1 Å². The van der Waals surface area contributed by atoms with Crippen LogP contribution in [-0.2, 0) is 4.74 Å². The van der Waals surface area contributed by atoms with Crippen LogP contribution in [0.4, 0.5) is 10.5 Å². The largest absolute Gasteiger partial charge is 0.448 e. The Kier molecular flexibility index (Phi) is 4.97. The lowest BCUT2D eigenvalue weighted by Gasteiger charge is -2.08. The van der Waals surface area contributed by atoms with E-state index in [4.69, 9.17) is 16.3 Å². The molecule has 17 heavy (non-hydrogen) atoms. The molecule has 1 amide bonds. The summed E-state index contributed by atoms with van der Waals surface area (Å²) in [5, 5.41) is 2.31. The van der Waals surface area contributed by atoms with Crippen LogP contribution in [0.3, 0.4) is 0 Å². The molecule has 1 aromatic rings. The van der Waals surface area contributed by atoms with Crippen LogP contribution in [0, 0.1) is 0 Å². The van der Waals surface area contributed by atoms with Gasteiger partial charge in [0.1, 0.15) is 6.61 Å². The zero-order chi connectivity index (χ0) is 12.8. The molecule has 0 unspecified atom stereocenters. The third kappa shape index (κ3) is 4.87. The number of Topliss-reactive ketones (excluding diaryl/α,β-unsaturated/α-hetero) is 1. The van der Waals surface area contributed by atoms with Crippen LogP contribution in [0.1, 0.15) is 24.2 Å². The summed E-state index contributed by atoms with van der Waals surface area (Å²) in [6, 6.07) is 6.56. The summed E-state index contributed by atoms with van der Waals surface area (Å²) in [4.78, 5) is 22.3. The van der Waals surface area contributed by atoms with E-state index >= 15 is 0 Å². The third-order valence-corrected chi connectivity index (χ3v) is 2.11. The molecule has 1 aromatic carbocycles. The van der Waals surface area contributed by atoms with Gasteiger partial charge in [0.15, 0.2) is 5.78 Å². The van der Waals surface area contributed by atoms with Crippen molar-refractivity contribution in [1.29, 1.82) is 0 Å². The Bertz CT molecular complexity index is 401. The highest BCUT2D eigenvalue weighted by molar-refractivity contribution is 6.20. The lowest BCUT2D eigenvalue weighted by molar-refractivity contribution is 0.101. The van der Waals surface area contributed by atoms with Crippen LogP contribution in [0.25, 0.3) is 0 Å². The van der Waals surface area contributed by atoms with Crippen LogP contribution < -0.4 is 5.32 Å². The van der Waals surface area contributed by atoms with Crippen LogP contribution in [-0.4, -0.2) is 23.9 Å². The van der Waals surface area contributed by atoms with Gasteiger partial charge in [-0.25, -0.2) is 4.79 Å². The smallest absolute Gasteiger partial charge is 0.411 e. The molecular weight excluding hydrogens is 242 g/mol. The van der Waals surface area contributed by atoms with Crippen molar-refractivity contribution in [1.82, 2.24) is 0 Å². The van der Waals surface area contributed by atoms with Gasteiger partial charge in [0.05, 0.1) is 5.38 Å². The summed E-state index contributed by atoms with van der Waals surface area (Å²) in [6.07, 6.45) is -0.562. The van der Waals surface area contributed by atoms with Crippen molar-refractivity contribution in [3.63, 3.8) is 0 Å². The number of rotatable bonds is 4. The first-order valence-electron chi connectivity index (χ1n) is 5.18. The van der Waals surface area contributed by atoms with E-state index in [1.165, 1.54) is 6.92 Å². The number of halogens is 1. The fraction of sp³-hybridized carbons (Fsp3) is 0.333. The standard InChI is InChI=1S/C12H14ClNO3/c1-8(13)7-17-12(16)14-11-5-3-10(4-6-11)9(2)15/h3-6,8H,7H2,1-2H3,(H,14,16)/t8-/m1/s1. The van der Waals surface area contributed by atoms with Crippen molar-refractivity contribution in [3.8, 4) is 0 Å². The predicted octanol–water partition coefficient (Wildman–Crippen LogP) is 3.07. The highest BCUT2D eigenvalue weighted by Crippen LogP contribution is 2.10. The lowest BCUT2D eigenvalue weighted by Crippen LogP contribution is -2.17. The molecule has 92 valence electrons. The number of carbonyl (C=O) groups is 2. The van der Waals surface area contributed by atoms with E-state index in [-0.39, 0.29) is 17.8 Å². The summed E-state index contributed by atoms with van der Waals surface area (Å²) in [5.74, 6) is -0.0184. The maximum Gasteiger partial charge on any atom is 0.411 e. The van der Waals surface area contributed by atoms with E-state index in [0.717, 1.165) is 0 Å². The van der Waals surface area contributed by atoms with Crippen LogP contribution >= 0.6 is 11.6 Å². The van der Waals surface area contributed by atoms with Gasteiger partial charge in [0, 0.05) is 11.3 Å². The quantitative estimate of drug-likeness (QED) is 0.665. The molecule has 1 rings (SSSR count). The second kappa shape index (κ2) is 6.25. The molecule has 1 N–H and O–H groups in total. The Morgan fingerprint density at radius 1 is 1.35 bits per heavy atom. The maximum absolute atomic E-state index is 11.3. The normalized spacial score (nSPS) is 11.7. The van der Waals surface area contributed by atoms with E-state index in [1.54, 1.807) is 31.2 Å². The molecule has 0 heterocycles. The molecule has 5 heteroatoms. The zero-order valence-corrected chi connectivity index (χ0v) is 10.5. The van der Waals surface area contributed by atoms with Gasteiger partial charge in [0.25, 0.3) is 0 Å². The first-order valence-corrected chi connectivity index (χ1v) is 5.61. The van der Waals surface area contributed by atoms with Crippen molar-refractivity contribution < 1.29 is 14.3 Å². The van der Waals surface area contributed by atoms with Crippen molar-refractivity contribution in [2.45, 2.75) is 19.2 Å². The van der Waals surface area contributed by atoms with Crippen molar-refractivity contribution in [2.24, 2.45) is 0 Å². The molecule has 0 spiro atoms. The minimum Gasteiger partial charge on any atom is -0.448 e. The SMILES string of the molecule is CC(=O)c1ccc(NC(=O)OC[C@@H](C)Cl)cc1. The summed E-state index contributed by atoms with van der Waals surface area (Å²) in [6.45, 7) is 3.37. The number of hydrogen-bond acceptors (Lipinski definition) is 3. The Hall–Kier alpha value is -1.55. The topological polar surface area (TPSA) is 55.4 Å². The summed E-state index contributed by atoms with van der Waals surface area (Å²) >= 11 is 5.64. The number of alkyl halides is 1. The zero-order valence-electron chi connectivity index (χ0n) is 9.70. The summed E-state index contributed by atoms with van der Waals surface area (Å²) in [5.41, 5.74) is 1.17. The number of anilines is 1. The van der Waals surface area contributed by atoms with Gasteiger partial charge in [-0.1, -0.05) is 0 Å². The second-order valence-electron chi connectivity index (χ2n) is 3.64. The number of ether oxygens (including phenoxy) is 1. The van der Waals surface area contributed by atoms with E-state index < -0.39 is 6.09 Å². The molecule has 0 bridgehead atoms. The minimum absolute atomic E-state index is 0.0184. The number of benzene rings is 1. The number of hydrogen-bond donors (Lipinski definition) is 1. The van der Waals surface area contributed by atoms with Crippen molar-refractivity contribution >= 4 is 29.2 Å². The fourth-order valence-corrected chi connectivity index (χ4v) is 1.20. The number of carbonyl (C=O) groups excluding carboxylic acids is 2. The monoisotopic (exact) mass is 255 g/mol. The average molecular weight is 256 g/mol. The number of ketones is 1. The lowest BCUT2D eigenvalue weighted by atomic mass is 10.1. The van der Waals surface area contributed by atoms with Gasteiger partial charge < -0.3 is 4.74 Å². The molecule has 0 aromatic heterocycles. The van der Waals surface area contributed by atoms with Crippen LogP contribution in [0.5, 0.6) is 0 Å². The molecule has 0 fully saturated rings. The van der Waals surface area contributed by atoms with Gasteiger partial charge in [-0.05, 0) is 38.1 Å². The molecule has 0 aliphatic rings. The first-order chi connectivity index (χ1) is 7.99. The molecule has 0 radical (unpaired) electrons. The molecule has 1 atom stereocenters. The minimum atomic E-state index is -0.562. The van der Waals surface area contributed by atoms with E-state index in [2.05, 4.69) is 5.32 Å². The molecular formula is C12H14ClNO3. The summed E-state index contributed by atoms with van der Waals surface area (Å²) < 4.78 is 4.84. The Morgan fingerprint density at radius 3 is 2.41 bits per heavy atom. The van der Waals surface area contributed by atoms with E-state index in [1.807, 2.05) is 0 Å². The van der Waals surface area contributed by atoms with Crippen LogP contribution in [0.15, 0.2) is 24.3 Å². The van der Waals surface area contributed by atoms with E-state index in [0.29, 0.717) is 11.3 Å². The Morgan fingerprint density at radius 2 is 1.94 bits per heavy atom. The molecule has 4 nitrogen and oxygen atoms in total. The average Bonchev–Trinajstić information content (AvgIpc) is 2.27. The number of nitrogens with one attached hydrogen (secondary N) is 1. The van der Waals surface area contributed by atoms with Gasteiger partial charge in [-0.2, -0.15) is 0 Å². The van der Waals surface area contributed by atoms with Gasteiger partial charge in [0.2, 0.25) is 0 Å². The summed E-state index contributed by atoms with van der Waals surface area (Å²) in [7, 11) is 0. The molecule has 0 aliphatic heterocycles. The van der Waals surface area contributed by atoms with Crippen LogP contribution in [0.2, 0.25) is 0 Å². The van der Waals surface area contributed by atoms with Gasteiger partial charge in [-0.15, -0.1) is 11.6 Å². The molecule has 0 saturated carbocycles. The second-order valence-corrected chi connectivity index (χ2v) is 4.38.